The summed E-state index contributed by atoms with van der Waals surface area (Å²) in [6.45, 7) is 3.23. The first kappa shape index (κ1) is 64.8. The van der Waals surface area contributed by atoms with Gasteiger partial charge in [-0.1, -0.05) is 180 Å². The highest BCUT2D eigenvalue weighted by atomic mass is 16.8. The van der Waals surface area contributed by atoms with Crippen molar-refractivity contribution in [1.82, 2.24) is 10.6 Å². The number of amides is 2. The number of rotatable bonds is 42. The molecular weight excluding hydrogens is 921 g/mol. The van der Waals surface area contributed by atoms with Crippen molar-refractivity contribution >= 4 is 17.8 Å². The second-order valence-electron chi connectivity index (χ2n) is 20.1. The zero-order valence-electron chi connectivity index (χ0n) is 43.6. The average Bonchev–Trinajstić information content (AvgIpc) is 3.34. The zero-order chi connectivity index (χ0) is 52.4. The summed E-state index contributed by atoms with van der Waals surface area (Å²) in [5, 5.41) is 102. The molecule has 18 heteroatoms. The molecule has 2 rings (SSSR count). The van der Waals surface area contributed by atoms with E-state index in [0.29, 0.717) is 12.8 Å². The Kier molecular flexibility index (Phi) is 34.9. The van der Waals surface area contributed by atoms with Crippen LogP contribution in [0.3, 0.4) is 0 Å². The molecule has 0 aliphatic carbocycles. The van der Waals surface area contributed by atoms with E-state index in [9.17, 15) is 60.3 Å². The summed E-state index contributed by atoms with van der Waals surface area (Å²) in [4.78, 5) is 38.3. The van der Waals surface area contributed by atoms with Crippen LogP contribution in [0.25, 0.3) is 0 Å². The van der Waals surface area contributed by atoms with Crippen LogP contribution < -0.4 is 10.6 Å². The lowest BCUT2D eigenvalue weighted by Crippen LogP contribution is -2.70. The Bertz CT molecular complexity index is 1430. The molecule has 2 aliphatic heterocycles. The molecular formula is C53H98N2O16. The maximum Gasteiger partial charge on any atom is 0.364 e. The van der Waals surface area contributed by atoms with Gasteiger partial charge in [0.1, 0.15) is 42.7 Å². The topological polar surface area (TPSA) is 294 Å². The van der Waals surface area contributed by atoms with Crippen LogP contribution in [0.4, 0.5) is 0 Å². The van der Waals surface area contributed by atoms with E-state index in [2.05, 4.69) is 24.5 Å². The van der Waals surface area contributed by atoms with Crippen LogP contribution in [0, 0.1) is 0 Å². The first-order valence-corrected chi connectivity index (χ1v) is 27.5. The van der Waals surface area contributed by atoms with E-state index in [0.717, 1.165) is 45.4 Å². The number of unbranched alkanes of at least 4 members (excludes halogenated alkanes) is 25. The van der Waals surface area contributed by atoms with E-state index < -0.39 is 117 Å². The molecule has 2 saturated heterocycles. The first-order valence-electron chi connectivity index (χ1n) is 27.5. The molecule has 11 N–H and O–H groups in total. The van der Waals surface area contributed by atoms with Crippen molar-refractivity contribution < 1.29 is 79.3 Å². The highest BCUT2D eigenvalue weighted by molar-refractivity contribution is 5.77. The monoisotopic (exact) mass is 1020 g/mol. The van der Waals surface area contributed by atoms with Crippen LogP contribution in [-0.4, -0.2) is 163 Å². The Hall–Kier alpha value is -2.33. The van der Waals surface area contributed by atoms with Crippen LogP contribution in [0.5, 0.6) is 0 Å². The fraction of sp³-hybridized carbons (Fsp3) is 0.906. The van der Waals surface area contributed by atoms with Gasteiger partial charge in [0.2, 0.25) is 11.8 Å². The van der Waals surface area contributed by atoms with Gasteiger partial charge < -0.3 is 75.5 Å². The van der Waals surface area contributed by atoms with Crippen molar-refractivity contribution in [2.75, 3.05) is 19.8 Å². The number of allylic oxidation sites excluding steroid dienone is 1. The average molecular weight is 1020 g/mol. The van der Waals surface area contributed by atoms with Crippen molar-refractivity contribution in [2.24, 2.45) is 0 Å². The Morgan fingerprint density at radius 2 is 1.21 bits per heavy atom. The summed E-state index contributed by atoms with van der Waals surface area (Å²) in [7, 11) is 0. The third-order valence-corrected chi connectivity index (χ3v) is 13.8. The molecule has 2 heterocycles. The number of nitrogens with one attached hydrogen (secondary N) is 2. The number of carboxylic acids is 1. The molecule has 13 atom stereocenters. The van der Waals surface area contributed by atoms with Gasteiger partial charge in [0.15, 0.2) is 6.29 Å². The van der Waals surface area contributed by atoms with Crippen LogP contribution >= 0.6 is 0 Å². The van der Waals surface area contributed by atoms with E-state index in [1.54, 1.807) is 6.08 Å². The Balaban J connectivity index is 2.10. The molecule has 0 aromatic heterocycles. The van der Waals surface area contributed by atoms with Gasteiger partial charge in [0.05, 0.1) is 44.1 Å². The maximum atomic E-state index is 13.3. The smallest absolute Gasteiger partial charge is 0.364 e. The van der Waals surface area contributed by atoms with Crippen molar-refractivity contribution in [3.8, 4) is 0 Å². The fourth-order valence-corrected chi connectivity index (χ4v) is 9.45. The van der Waals surface area contributed by atoms with Crippen molar-refractivity contribution in [3.05, 3.63) is 12.2 Å². The minimum Gasteiger partial charge on any atom is -0.477 e. The lowest BCUT2D eigenvalue weighted by molar-refractivity contribution is -0.370. The van der Waals surface area contributed by atoms with Crippen LogP contribution in [0.2, 0.25) is 0 Å². The number of carbonyl (C=O) groups excluding carboxylic acids is 2. The minimum absolute atomic E-state index is 0.206. The molecule has 18 nitrogen and oxygen atoms in total. The molecule has 71 heavy (non-hydrogen) atoms. The molecule has 0 spiro atoms. The number of aliphatic hydroxyl groups excluding tert-OH is 8. The summed E-state index contributed by atoms with van der Waals surface area (Å²) >= 11 is 0. The Labute approximate surface area is 424 Å². The van der Waals surface area contributed by atoms with Gasteiger partial charge in [0, 0.05) is 19.8 Å². The predicted octanol–water partition coefficient (Wildman–Crippen LogP) is 5.34. The highest BCUT2D eigenvalue weighted by Gasteiger charge is 2.59. The van der Waals surface area contributed by atoms with Gasteiger partial charge in [-0.2, -0.15) is 0 Å². The lowest BCUT2D eigenvalue weighted by Gasteiger charge is -2.50. The minimum atomic E-state index is -2.96. The molecule has 0 bridgehead atoms. The van der Waals surface area contributed by atoms with Crippen LogP contribution in [0.1, 0.15) is 207 Å². The number of hydrogen-bond donors (Lipinski definition) is 11. The predicted molar refractivity (Wildman–Crippen MR) is 269 cm³/mol. The van der Waals surface area contributed by atoms with Gasteiger partial charge >= 0.3 is 5.97 Å². The highest BCUT2D eigenvalue weighted by Crippen LogP contribution is 2.37. The molecule has 0 aromatic carbocycles. The molecule has 2 fully saturated rings. The van der Waals surface area contributed by atoms with Crippen molar-refractivity contribution in [1.29, 1.82) is 0 Å². The number of carbonyl (C=O) groups is 3. The number of aliphatic hydroxyl groups is 8. The van der Waals surface area contributed by atoms with Gasteiger partial charge in [-0.3, -0.25) is 9.59 Å². The van der Waals surface area contributed by atoms with Gasteiger partial charge in [-0.15, -0.1) is 0 Å². The van der Waals surface area contributed by atoms with E-state index in [1.807, 2.05) is 6.08 Å². The molecule has 416 valence electrons. The molecule has 0 saturated carbocycles. The molecule has 0 unspecified atom stereocenters. The second-order valence-corrected chi connectivity index (χ2v) is 20.1. The Morgan fingerprint density at radius 1 is 0.718 bits per heavy atom. The van der Waals surface area contributed by atoms with Crippen molar-refractivity contribution in [3.63, 3.8) is 0 Å². The van der Waals surface area contributed by atoms with Gasteiger partial charge in [0.25, 0.3) is 5.79 Å². The molecule has 0 radical (unpaired) electrons. The largest absolute Gasteiger partial charge is 0.477 e. The maximum absolute atomic E-state index is 13.3. The summed E-state index contributed by atoms with van der Waals surface area (Å²) in [6.07, 6.45) is 16.3. The molecule has 0 aromatic rings. The van der Waals surface area contributed by atoms with Crippen LogP contribution in [0.15, 0.2) is 12.2 Å². The third-order valence-electron chi connectivity index (χ3n) is 13.8. The fourth-order valence-electron chi connectivity index (χ4n) is 9.45. The molecule has 2 aliphatic rings. The molecule has 2 amide bonds. The van der Waals surface area contributed by atoms with E-state index in [-0.39, 0.29) is 12.3 Å². The van der Waals surface area contributed by atoms with Gasteiger partial charge in [-0.05, 0) is 19.3 Å². The summed E-state index contributed by atoms with van der Waals surface area (Å²) in [5.74, 6) is -5.87. The van der Waals surface area contributed by atoms with Crippen molar-refractivity contribution in [2.45, 2.75) is 286 Å². The normalized spacial score (nSPS) is 26.5. The van der Waals surface area contributed by atoms with E-state index >= 15 is 0 Å². The SMILES string of the molecule is CCCCCCCCCCCCC/C=C/[C@@H](O)[C@H](CO[C@@H]1O[C@H](CO)[C@H](O)[C@H](O[C@]2(C(=O)O)C[C@H](O)[C@@H](NC(C)=O)[C@H]([C@@H](O)[C@H](O)CO)O2)[C@H]1O)NC(=O)CCCCCCCCCCCCCCCCC. The third kappa shape index (κ3) is 25.2. The summed E-state index contributed by atoms with van der Waals surface area (Å²) in [5.41, 5.74) is 0. The number of hydrogen-bond acceptors (Lipinski definition) is 15. The van der Waals surface area contributed by atoms with E-state index in [1.165, 1.54) is 122 Å². The quantitative estimate of drug-likeness (QED) is 0.0272. The lowest BCUT2D eigenvalue weighted by atomic mass is 9.88. The van der Waals surface area contributed by atoms with E-state index in [4.69, 9.17) is 18.9 Å². The van der Waals surface area contributed by atoms with Crippen LogP contribution in [-0.2, 0) is 33.3 Å². The second kappa shape index (κ2) is 38.3. The number of carboxylic acid groups (broad SMARTS) is 1. The summed E-state index contributed by atoms with van der Waals surface area (Å²) < 4.78 is 23.1. The number of ether oxygens (including phenoxy) is 4. The number of aliphatic carboxylic acids is 1. The van der Waals surface area contributed by atoms with Gasteiger partial charge in [-0.25, -0.2) is 4.79 Å². The summed E-state index contributed by atoms with van der Waals surface area (Å²) in [6, 6.07) is -2.55. The Morgan fingerprint density at radius 3 is 1.68 bits per heavy atom. The standard InChI is InChI=1S/C53H98N2O16/c1-4-6-8-10-12-14-16-18-19-21-23-25-27-29-31-33-44(62)55-39(40(59)32-30-28-26-24-22-20-17-15-13-11-9-7-5-2)37-68-51-48(65)50(47(64)43(36-57)69-51)71-53(52(66)67)34-41(60)45(54-38(3)58)49(70-53)46(63)42(61)35-56/h30,32,39-43,45-51,56-57,59-61,63-65H,4-29,31,33-37H2,1-3H3,(H,54,58)(H,55,62)(H,66,67)/b32-30+/t39-,40+,41-,42+,43+,45+,46-,47-,48+,49+,50-,51+,53-/m0/s1. The zero-order valence-corrected chi connectivity index (χ0v) is 43.6. The first-order chi connectivity index (χ1) is 34.2.